The van der Waals surface area contributed by atoms with Crippen LogP contribution in [-0.2, 0) is 29.6 Å². The van der Waals surface area contributed by atoms with Gasteiger partial charge >= 0.3 is 88.4 Å². The summed E-state index contributed by atoms with van der Waals surface area (Å²) < 4.78 is 31.6. The smallest absolute Gasteiger partial charge is 0.550 e. The summed E-state index contributed by atoms with van der Waals surface area (Å²) in [5, 5.41) is 45.8. The number of aliphatic hydroxyl groups is 1. The van der Waals surface area contributed by atoms with E-state index in [0.29, 0.717) is 0 Å². The Kier molecular flexibility index (Phi) is 32.2. The van der Waals surface area contributed by atoms with Crippen LogP contribution in [0.1, 0.15) is 12.8 Å². The van der Waals surface area contributed by atoms with E-state index in [1.54, 1.807) is 0 Å². The summed E-state index contributed by atoms with van der Waals surface area (Å²) in [6, 6.07) is 0. The van der Waals surface area contributed by atoms with Gasteiger partial charge in [-0.2, -0.15) is 8.42 Å². The number of carbonyl (C=O) groups excluding carboxylic acids is 3. The molecule has 0 radical (unpaired) electrons. The van der Waals surface area contributed by atoms with E-state index >= 15 is 0 Å². The summed E-state index contributed by atoms with van der Waals surface area (Å²) in [6.45, 7) is -0.250. The number of hydrogen-bond donors (Lipinski definition) is 4. The van der Waals surface area contributed by atoms with E-state index < -0.39 is 46.7 Å². The van der Waals surface area contributed by atoms with E-state index in [1.807, 2.05) is 0 Å². The SMILES string of the molecule is O=C([O-])CC(O)(CC(=O)[O-])C(=O)[O-].O=CO.O=S(=O)(O)O.[Li+].[Na+].[Na+]. The molecule has 0 amide bonds. The minimum atomic E-state index is -4.67. The van der Waals surface area contributed by atoms with Gasteiger partial charge in [0.2, 0.25) is 0 Å². The molecule has 0 aliphatic rings. The van der Waals surface area contributed by atoms with Crippen LogP contribution in [0.15, 0.2) is 0 Å². The third-order valence-corrected chi connectivity index (χ3v) is 1.25. The molecule has 124 valence electrons. The molecule has 0 fully saturated rings. The average molecular weight is 386 g/mol. The molecule has 0 rings (SSSR count). The Morgan fingerprint density at radius 3 is 1.21 bits per heavy atom. The first-order chi connectivity index (χ1) is 9.19. The average Bonchev–Trinajstić information content (AvgIpc) is 2.12. The van der Waals surface area contributed by atoms with Gasteiger partial charge < -0.3 is 39.9 Å². The number of hydrogen-bond acceptors (Lipinski definition) is 10. The first-order valence-electron chi connectivity index (χ1n) is 4.30. The summed E-state index contributed by atoms with van der Waals surface area (Å²) in [6.07, 6.45) is -2.72. The van der Waals surface area contributed by atoms with Crippen LogP contribution >= 0.6 is 0 Å². The normalized spacial score (nSPS) is 8.79. The molecule has 13 nitrogen and oxygen atoms in total. The third kappa shape index (κ3) is 38.1. The van der Waals surface area contributed by atoms with Crippen molar-refractivity contribution in [2.45, 2.75) is 18.4 Å². The Labute approximate surface area is 191 Å². The Morgan fingerprint density at radius 2 is 1.12 bits per heavy atom. The van der Waals surface area contributed by atoms with Crippen LogP contribution in [0.2, 0.25) is 0 Å². The quantitative estimate of drug-likeness (QED) is 0.195. The maximum absolute atomic E-state index is 10.1. The van der Waals surface area contributed by atoms with E-state index in [-0.39, 0.29) is 84.4 Å². The van der Waals surface area contributed by atoms with Gasteiger partial charge in [0.05, 0.1) is 5.97 Å². The van der Waals surface area contributed by atoms with Gasteiger partial charge in [0.25, 0.3) is 6.47 Å². The summed E-state index contributed by atoms with van der Waals surface area (Å²) >= 11 is 0. The van der Waals surface area contributed by atoms with Crippen molar-refractivity contribution in [1.29, 1.82) is 0 Å². The molecule has 0 saturated heterocycles. The molecular formula is C7H9LiNa2O13S. The Bertz CT molecular complexity index is 455. The second-order valence-electron chi connectivity index (χ2n) is 2.97. The van der Waals surface area contributed by atoms with Gasteiger partial charge in [-0.05, 0) is 0 Å². The number of carboxylic acids is 3. The molecule has 0 saturated carbocycles. The van der Waals surface area contributed by atoms with E-state index in [0.717, 1.165) is 0 Å². The Hall–Kier alpha value is 0.307. The molecule has 0 aromatic rings. The van der Waals surface area contributed by atoms with E-state index in [9.17, 15) is 29.7 Å². The summed E-state index contributed by atoms with van der Waals surface area (Å²) in [5.74, 6) is -5.98. The van der Waals surface area contributed by atoms with Crippen molar-refractivity contribution >= 4 is 34.8 Å². The zero-order valence-corrected chi connectivity index (χ0v) is 17.7. The van der Waals surface area contributed by atoms with Crippen LogP contribution in [0.3, 0.4) is 0 Å². The van der Waals surface area contributed by atoms with Crippen LogP contribution in [0, 0.1) is 0 Å². The van der Waals surface area contributed by atoms with Crippen LogP contribution in [0.25, 0.3) is 0 Å². The fourth-order valence-electron chi connectivity index (χ4n) is 0.684. The predicted molar refractivity (Wildman–Crippen MR) is 52.1 cm³/mol. The minimum absolute atomic E-state index is 0. The Morgan fingerprint density at radius 1 is 0.958 bits per heavy atom. The fourth-order valence-corrected chi connectivity index (χ4v) is 0.684. The molecule has 0 aliphatic carbocycles. The number of carbonyl (C=O) groups is 4. The molecule has 0 unspecified atom stereocenters. The van der Waals surface area contributed by atoms with Gasteiger partial charge in [-0.25, -0.2) is 0 Å². The zero-order valence-electron chi connectivity index (χ0n) is 12.9. The van der Waals surface area contributed by atoms with Crippen molar-refractivity contribution in [2.24, 2.45) is 0 Å². The zero-order chi connectivity index (χ0) is 17.9. The van der Waals surface area contributed by atoms with Gasteiger partial charge in [0.1, 0.15) is 5.60 Å². The molecule has 0 heterocycles. The molecule has 4 N–H and O–H groups in total. The van der Waals surface area contributed by atoms with Gasteiger partial charge in [0, 0.05) is 24.8 Å². The van der Waals surface area contributed by atoms with E-state index in [2.05, 4.69) is 0 Å². The van der Waals surface area contributed by atoms with Crippen molar-refractivity contribution in [1.82, 2.24) is 0 Å². The first kappa shape index (κ1) is 39.4. The maximum Gasteiger partial charge on any atom is 1.00 e. The second-order valence-corrected chi connectivity index (χ2v) is 3.87. The van der Waals surface area contributed by atoms with Crippen LogP contribution in [-0.4, -0.2) is 57.7 Å². The minimum Gasteiger partial charge on any atom is -0.550 e. The van der Waals surface area contributed by atoms with Crippen molar-refractivity contribution in [3.8, 4) is 0 Å². The van der Waals surface area contributed by atoms with Crippen molar-refractivity contribution < 1.29 is 140 Å². The summed E-state index contributed by atoms with van der Waals surface area (Å²) in [5.41, 5.74) is -2.97. The first-order valence-corrected chi connectivity index (χ1v) is 5.70. The second kappa shape index (κ2) is 19.6. The predicted octanol–water partition coefficient (Wildman–Crippen LogP) is -15.2. The van der Waals surface area contributed by atoms with Gasteiger partial charge in [-0.1, -0.05) is 0 Å². The molecule has 0 aliphatic heterocycles. The molecule has 0 spiro atoms. The van der Waals surface area contributed by atoms with E-state index in [4.69, 9.17) is 32.5 Å². The van der Waals surface area contributed by atoms with Crippen molar-refractivity contribution in [3.05, 3.63) is 0 Å². The summed E-state index contributed by atoms with van der Waals surface area (Å²) in [7, 11) is -4.67. The molecular weight excluding hydrogens is 377 g/mol. The van der Waals surface area contributed by atoms with Gasteiger partial charge in [-0.15, -0.1) is 0 Å². The van der Waals surface area contributed by atoms with Crippen LogP contribution in [0.5, 0.6) is 0 Å². The number of aliphatic carboxylic acids is 3. The number of rotatable bonds is 5. The monoisotopic (exact) mass is 386 g/mol. The molecule has 0 bridgehead atoms. The standard InChI is InChI=1S/C6H8O7.CH2O2.Li.2Na.H2O4S/c7-3(8)1-6(13,5(11)12)2-4(9)10;2-1-3;;;;1-5(2,3)4/h13H,1-2H2,(H,7,8)(H,9,10)(H,11,12);1H,(H,2,3);;;;(H2,1,2,3,4)/q;;3*+1;/p-3. The molecule has 0 atom stereocenters. The van der Waals surface area contributed by atoms with Crippen LogP contribution < -0.4 is 93.3 Å². The molecule has 0 aromatic heterocycles. The fraction of sp³-hybridized carbons (Fsp3) is 0.429. The van der Waals surface area contributed by atoms with Gasteiger partial charge in [0.15, 0.2) is 0 Å². The number of carboxylic acid groups (broad SMARTS) is 4. The van der Waals surface area contributed by atoms with Crippen molar-refractivity contribution in [2.75, 3.05) is 0 Å². The third-order valence-electron chi connectivity index (χ3n) is 1.25. The maximum atomic E-state index is 10.1. The van der Waals surface area contributed by atoms with Crippen molar-refractivity contribution in [3.63, 3.8) is 0 Å². The molecule has 24 heavy (non-hydrogen) atoms. The molecule has 17 heteroatoms. The Balaban J connectivity index is -0.0000000629. The van der Waals surface area contributed by atoms with Gasteiger partial charge in [-0.3, -0.25) is 13.9 Å². The topological polar surface area (TPSA) is 253 Å². The van der Waals surface area contributed by atoms with Crippen LogP contribution in [0.4, 0.5) is 0 Å². The largest absolute Gasteiger partial charge is 1.00 e. The van der Waals surface area contributed by atoms with E-state index in [1.165, 1.54) is 0 Å². The molecule has 0 aromatic carbocycles. The summed E-state index contributed by atoms with van der Waals surface area (Å²) in [4.78, 5) is 38.4.